The molecular formula is C14H16N2O. The molecule has 2 rings (SSSR count). The van der Waals surface area contributed by atoms with E-state index in [2.05, 4.69) is 5.48 Å². The van der Waals surface area contributed by atoms with Crippen molar-refractivity contribution in [3.8, 4) is 0 Å². The standard InChI is InChI=1S/C14H16N2O/c15-14-9-5-4-8-13(14)10-16-17-11-12-6-2-1-3-7-12/h1-9,16H,10-11,15H2. The quantitative estimate of drug-likeness (QED) is 0.469. The monoisotopic (exact) mass is 228 g/mol. The highest BCUT2D eigenvalue weighted by molar-refractivity contribution is 5.46. The zero-order chi connectivity index (χ0) is 11.9. The molecule has 3 nitrogen and oxygen atoms in total. The molecule has 0 unspecified atom stereocenters. The highest BCUT2D eigenvalue weighted by atomic mass is 16.6. The zero-order valence-corrected chi connectivity index (χ0v) is 9.60. The van der Waals surface area contributed by atoms with Crippen molar-refractivity contribution in [2.45, 2.75) is 13.2 Å². The van der Waals surface area contributed by atoms with Crippen molar-refractivity contribution >= 4 is 5.69 Å². The highest BCUT2D eigenvalue weighted by Gasteiger charge is 1.97. The third kappa shape index (κ3) is 3.59. The summed E-state index contributed by atoms with van der Waals surface area (Å²) >= 11 is 0. The van der Waals surface area contributed by atoms with E-state index in [9.17, 15) is 0 Å². The van der Waals surface area contributed by atoms with Gasteiger partial charge in [0.05, 0.1) is 6.61 Å². The Morgan fingerprint density at radius 1 is 0.941 bits per heavy atom. The van der Waals surface area contributed by atoms with E-state index < -0.39 is 0 Å². The van der Waals surface area contributed by atoms with Gasteiger partial charge in [-0.3, -0.25) is 4.84 Å². The van der Waals surface area contributed by atoms with Crippen LogP contribution in [0, 0.1) is 0 Å². The molecule has 3 N–H and O–H groups in total. The third-order valence-corrected chi connectivity index (χ3v) is 2.50. The molecule has 0 amide bonds. The second-order valence-electron chi connectivity index (χ2n) is 3.79. The smallest absolute Gasteiger partial charge is 0.0933 e. The lowest BCUT2D eigenvalue weighted by molar-refractivity contribution is 0.0236. The molecule has 0 atom stereocenters. The Labute approximate surface area is 101 Å². The van der Waals surface area contributed by atoms with E-state index in [4.69, 9.17) is 10.6 Å². The fourth-order valence-electron chi connectivity index (χ4n) is 1.53. The summed E-state index contributed by atoms with van der Waals surface area (Å²) in [6.45, 7) is 1.16. The molecular weight excluding hydrogens is 212 g/mol. The maximum absolute atomic E-state index is 5.82. The number of benzene rings is 2. The number of hydrogen-bond acceptors (Lipinski definition) is 3. The predicted octanol–water partition coefficient (Wildman–Crippen LogP) is 2.49. The molecule has 0 aliphatic carbocycles. The maximum atomic E-state index is 5.82. The van der Waals surface area contributed by atoms with Crippen molar-refractivity contribution in [3.05, 3.63) is 65.7 Å². The van der Waals surface area contributed by atoms with Gasteiger partial charge < -0.3 is 5.73 Å². The summed E-state index contributed by atoms with van der Waals surface area (Å²) < 4.78 is 0. The Bertz CT molecular complexity index is 457. The van der Waals surface area contributed by atoms with Crippen LogP contribution in [-0.4, -0.2) is 0 Å². The van der Waals surface area contributed by atoms with Gasteiger partial charge in [0, 0.05) is 12.2 Å². The second kappa shape index (κ2) is 6.03. The average molecular weight is 228 g/mol. The van der Waals surface area contributed by atoms with Crippen LogP contribution in [-0.2, 0) is 18.0 Å². The minimum atomic E-state index is 0.549. The molecule has 17 heavy (non-hydrogen) atoms. The Kier molecular flexibility index (Phi) is 4.13. The van der Waals surface area contributed by atoms with E-state index in [-0.39, 0.29) is 0 Å². The fourth-order valence-corrected chi connectivity index (χ4v) is 1.53. The third-order valence-electron chi connectivity index (χ3n) is 2.50. The first-order valence-electron chi connectivity index (χ1n) is 5.58. The Balaban J connectivity index is 1.76. The maximum Gasteiger partial charge on any atom is 0.0933 e. The molecule has 0 spiro atoms. The molecule has 0 fully saturated rings. The first-order chi connectivity index (χ1) is 8.36. The largest absolute Gasteiger partial charge is 0.398 e. The topological polar surface area (TPSA) is 47.3 Å². The summed E-state index contributed by atoms with van der Waals surface area (Å²) in [6, 6.07) is 17.8. The van der Waals surface area contributed by atoms with Gasteiger partial charge >= 0.3 is 0 Å². The van der Waals surface area contributed by atoms with Crippen molar-refractivity contribution in [1.82, 2.24) is 5.48 Å². The van der Waals surface area contributed by atoms with Crippen LogP contribution in [0.25, 0.3) is 0 Å². The summed E-state index contributed by atoms with van der Waals surface area (Å²) in [5.74, 6) is 0. The van der Waals surface area contributed by atoms with Gasteiger partial charge in [0.25, 0.3) is 0 Å². The van der Waals surface area contributed by atoms with Crippen molar-refractivity contribution < 1.29 is 4.84 Å². The number of rotatable bonds is 5. The molecule has 2 aromatic rings. The lowest BCUT2D eigenvalue weighted by atomic mass is 10.2. The van der Waals surface area contributed by atoms with Crippen LogP contribution in [0.2, 0.25) is 0 Å². The average Bonchev–Trinajstić information content (AvgIpc) is 2.38. The number of anilines is 1. The van der Waals surface area contributed by atoms with E-state index in [1.807, 2.05) is 54.6 Å². The minimum absolute atomic E-state index is 0.549. The van der Waals surface area contributed by atoms with E-state index in [1.54, 1.807) is 0 Å². The van der Waals surface area contributed by atoms with E-state index in [0.29, 0.717) is 13.2 Å². The predicted molar refractivity (Wildman–Crippen MR) is 68.9 cm³/mol. The molecule has 2 aromatic carbocycles. The van der Waals surface area contributed by atoms with Crippen LogP contribution in [0.5, 0.6) is 0 Å². The van der Waals surface area contributed by atoms with Crippen molar-refractivity contribution in [1.29, 1.82) is 0 Å². The summed E-state index contributed by atoms with van der Waals surface area (Å²) in [5, 5.41) is 0. The van der Waals surface area contributed by atoms with Gasteiger partial charge in [-0.05, 0) is 17.2 Å². The normalized spacial score (nSPS) is 10.4. The number of hydroxylamine groups is 1. The highest BCUT2D eigenvalue weighted by Crippen LogP contribution is 2.09. The van der Waals surface area contributed by atoms with E-state index in [0.717, 1.165) is 16.8 Å². The van der Waals surface area contributed by atoms with Crippen molar-refractivity contribution in [2.75, 3.05) is 5.73 Å². The SMILES string of the molecule is Nc1ccccc1CNOCc1ccccc1. The molecule has 0 saturated heterocycles. The molecule has 0 radical (unpaired) electrons. The van der Waals surface area contributed by atoms with Crippen LogP contribution >= 0.6 is 0 Å². The van der Waals surface area contributed by atoms with Crippen LogP contribution in [0.4, 0.5) is 5.69 Å². The van der Waals surface area contributed by atoms with Gasteiger partial charge in [0.1, 0.15) is 0 Å². The Morgan fingerprint density at radius 2 is 1.65 bits per heavy atom. The van der Waals surface area contributed by atoms with Crippen molar-refractivity contribution in [2.24, 2.45) is 0 Å². The second-order valence-corrected chi connectivity index (χ2v) is 3.79. The molecule has 3 heteroatoms. The zero-order valence-electron chi connectivity index (χ0n) is 9.60. The van der Waals surface area contributed by atoms with Gasteiger partial charge in [-0.15, -0.1) is 0 Å². The van der Waals surface area contributed by atoms with Crippen molar-refractivity contribution in [3.63, 3.8) is 0 Å². The molecule has 0 heterocycles. The van der Waals surface area contributed by atoms with Crippen LogP contribution in [0.3, 0.4) is 0 Å². The Morgan fingerprint density at radius 3 is 2.41 bits per heavy atom. The molecule has 0 saturated carbocycles. The fraction of sp³-hybridized carbons (Fsp3) is 0.143. The number of nitrogen functional groups attached to an aromatic ring is 1. The number of para-hydroxylation sites is 1. The van der Waals surface area contributed by atoms with Gasteiger partial charge in [-0.25, -0.2) is 0 Å². The number of nitrogens with one attached hydrogen (secondary N) is 1. The lowest BCUT2D eigenvalue weighted by Crippen LogP contribution is -2.14. The molecule has 88 valence electrons. The molecule has 0 aliphatic heterocycles. The number of nitrogens with two attached hydrogens (primary N) is 1. The molecule has 0 aliphatic rings. The first kappa shape index (κ1) is 11.6. The lowest BCUT2D eigenvalue weighted by Gasteiger charge is -2.07. The summed E-state index contributed by atoms with van der Waals surface area (Å²) in [5.41, 5.74) is 11.7. The van der Waals surface area contributed by atoms with E-state index in [1.165, 1.54) is 0 Å². The number of hydrogen-bond donors (Lipinski definition) is 2. The molecule has 0 aromatic heterocycles. The van der Waals surface area contributed by atoms with Crippen LogP contribution < -0.4 is 11.2 Å². The summed E-state index contributed by atoms with van der Waals surface area (Å²) in [4.78, 5) is 5.37. The Hall–Kier alpha value is -1.84. The van der Waals surface area contributed by atoms with Crippen LogP contribution in [0.15, 0.2) is 54.6 Å². The molecule has 0 bridgehead atoms. The summed E-state index contributed by atoms with van der Waals surface area (Å²) in [7, 11) is 0. The summed E-state index contributed by atoms with van der Waals surface area (Å²) in [6.07, 6.45) is 0. The van der Waals surface area contributed by atoms with Gasteiger partial charge in [-0.1, -0.05) is 48.5 Å². The van der Waals surface area contributed by atoms with Crippen LogP contribution in [0.1, 0.15) is 11.1 Å². The van der Waals surface area contributed by atoms with Gasteiger partial charge in [0.15, 0.2) is 0 Å². The van der Waals surface area contributed by atoms with Gasteiger partial charge in [-0.2, -0.15) is 5.48 Å². The first-order valence-corrected chi connectivity index (χ1v) is 5.58. The van der Waals surface area contributed by atoms with Gasteiger partial charge in [0.2, 0.25) is 0 Å². The minimum Gasteiger partial charge on any atom is -0.398 e. The van der Waals surface area contributed by atoms with E-state index >= 15 is 0 Å².